The Morgan fingerprint density at radius 2 is 1.68 bits per heavy atom. The molecule has 0 saturated heterocycles. The zero-order chi connectivity index (χ0) is 16.6. The third kappa shape index (κ3) is 5.72. The summed E-state index contributed by atoms with van der Waals surface area (Å²) in [5.41, 5.74) is -0.0752. The van der Waals surface area contributed by atoms with Crippen LogP contribution in [0.2, 0.25) is 0 Å². The Bertz CT molecular complexity index is 614. The largest absolute Gasteiger partial charge is 0.858 e. The van der Waals surface area contributed by atoms with Gasteiger partial charge in [0.25, 0.3) is 10.0 Å². The molecule has 2 N–H and O–H groups in total. The van der Waals surface area contributed by atoms with Crippen molar-refractivity contribution >= 4 is 15.9 Å². The van der Waals surface area contributed by atoms with E-state index in [2.05, 4.69) is 11.0 Å². The molecule has 0 heterocycles. The molecule has 0 aliphatic carbocycles. The predicted molar refractivity (Wildman–Crippen MR) is 77.3 cm³/mol. The van der Waals surface area contributed by atoms with E-state index in [9.17, 15) is 13.5 Å². The van der Waals surface area contributed by atoms with Crippen molar-refractivity contribution < 1.29 is 33.2 Å². The fraction of sp³-hybridized carbons (Fsp3) is 0.308. The first-order valence-electron chi connectivity index (χ1n) is 6.19. The number of aliphatic hydroxyl groups is 2. The van der Waals surface area contributed by atoms with Crippen molar-refractivity contribution in [3.05, 3.63) is 35.7 Å². The maximum atomic E-state index is 11.9. The molecule has 8 nitrogen and oxygen atoms in total. The first-order chi connectivity index (χ1) is 10.4. The zero-order valence-corrected chi connectivity index (χ0v) is 12.5. The molecule has 0 atom stereocenters. The third-order valence-corrected chi connectivity index (χ3v) is 3.11. The van der Waals surface area contributed by atoms with E-state index >= 15 is 0 Å². The number of hydrogen-bond acceptors (Lipinski definition) is 7. The lowest BCUT2D eigenvalue weighted by atomic mass is 10.2. The molecule has 0 aliphatic heterocycles. The van der Waals surface area contributed by atoms with Gasteiger partial charge >= 0.3 is 0 Å². The lowest BCUT2D eigenvalue weighted by Gasteiger charge is -2.15. The van der Waals surface area contributed by atoms with E-state index in [0.29, 0.717) is 5.41 Å². The summed E-state index contributed by atoms with van der Waals surface area (Å²) in [7, 11) is -4.05. The van der Waals surface area contributed by atoms with Gasteiger partial charge in [-0.2, -0.15) is 12.8 Å². The maximum absolute atomic E-state index is 11.9. The summed E-state index contributed by atoms with van der Waals surface area (Å²) in [6, 6.07) is 3.97. The van der Waals surface area contributed by atoms with E-state index in [1.807, 2.05) is 0 Å². The Morgan fingerprint density at radius 1 is 1.18 bits per heavy atom. The van der Waals surface area contributed by atoms with Crippen LogP contribution in [-0.4, -0.2) is 51.0 Å². The summed E-state index contributed by atoms with van der Waals surface area (Å²) in [6.45, 7) is 2.56. The van der Waals surface area contributed by atoms with Crippen molar-refractivity contribution in [2.24, 2.45) is 4.40 Å². The van der Waals surface area contributed by atoms with Gasteiger partial charge in [0.2, 0.25) is 0 Å². The molecule has 0 saturated carbocycles. The van der Waals surface area contributed by atoms with Crippen LogP contribution in [0.1, 0.15) is 5.56 Å². The number of rotatable bonds is 9. The molecule has 0 amide bonds. The van der Waals surface area contributed by atoms with Gasteiger partial charge in [-0.25, -0.2) is 0 Å². The fourth-order valence-corrected chi connectivity index (χ4v) is 1.81. The van der Waals surface area contributed by atoms with E-state index in [4.69, 9.17) is 19.7 Å². The Kier molecular flexibility index (Phi) is 6.83. The number of sulfonamides is 1. The molecule has 0 radical (unpaired) electrons. The highest BCUT2D eigenvalue weighted by molar-refractivity contribution is 7.93. The van der Waals surface area contributed by atoms with Crippen LogP contribution in [0.25, 0.3) is 0 Å². The van der Waals surface area contributed by atoms with Crippen molar-refractivity contribution in [3.63, 3.8) is 0 Å². The van der Waals surface area contributed by atoms with Crippen LogP contribution in [0.4, 0.5) is 0 Å². The lowest BCUT2D eigenvalue weighted by Crippen LogP contribution is -2.20. The smallest absolute Gasteiger partial charge is 0.274 e. The van der Waals surface area contributed by atoms with Gasteiger partial charge in [-0.1, -0.05) is 6.58 Å². The summed E-state index contributed by atoms with van der Waals surface area (Å²) in [6.07, 6.45) is 0. The zero-order valence-electron chi connectivity index (χ0n) is 11.6. The minimum absolute atomic E-state index is 0.0147. The number of nitrogens with zero attached hydrogens (tertiary/aromatic N) is 1. The van der Waals surface area contributed by atoms with Crippen molar-refractivity contribution in [2.45, 2.75) is 0 Å². The molecule has 0 spiro atoms. The molecular formula is C13H16NO7S-. The van der Waals surface area contributed by atoms with Gasteiger partial charge < -0.3 is 24.8 Å². The molecule has 22 heavy (non-hydrogen) atoms. The second-order valence-electron chi connectivity index (χ2n) is 3.92. The molecule has 0 aliphatic rings. The molecule has 0 bridgehead atoms. The maximum Gasteiger partial charge on any atom is 0.274 e. The van der Waals surface area contributed by atoms with Crippen molar-refractivity contribution in [1.82, 2.24) is 0 Å². The average molecular weight is 330 g/mol. The molecular weight excluding hydrogens is 314 g/mol. The van der Waals surface area contributed by atoms with Gasteiger partial charge in [-0.3, -0.25) is 0 Å². The van der Waals surface area contributed by atoms with Gasteiger partial charge in [0, 0.05) is 17.4 Å². The van der Waals surface area contributed by atoms with Gasteiger partial charge in [-0.15, -0.1) is 0 Å². The first kappa shape index (κ1) is 18.0. The lowest BCUT2D eigenvalue weighted by molar-refractivity contribution is -0.212. The van der Waals surface area contributed by atoms with E-state index in [0.717, 1.165) is 0 Å². The molecule has 0 fully saturated rings. The first-order valence-corrected chi connectivity index (χ1v) is 7.69. The quantitative estimate of drug-likeness (QED) is 0.439. The van der Waals surface area contributed by atoms with Crippen LogP contribution in [0.5, 0.6) is 11.5 Å². The summed E-state index contributed by atoms with van der Waals surface area (Å²) >= 11 is 0. The third-order valence-electron chi connectivity index (χ3n) is 2.27. The van der Waals surface area contributed by atoms with Crippen LogP contribution < -0.4 is 14.6 Å². The monoisotopic (exact) mass is 330 g/mol. The number of hydrogen-bond donors (Lipinski definition) is 2. The SMILES string of the molecule is C=CS(=O)(=O)/N=C(\[O-])c1cc(OCCO)cc(OCCO)c1. The number of ether oxygens (including phenoxy) is 2. The normalized spacial score (nSPS) is 12.0. The average Bonchev–Trinajstić information content (AvgIpc) is 2.50. The van der Waals surface area contributed by atoms with Crippen LogP contribution in [0.15, 0.2) is 34.6 Å². The predicted octanol–water partition coefficient (Wildman–Crippen LogP) is -0.991. The topological polar surface area (TPSA) is 128 Å². The Labute approximate surface area is 128 Å². The molecule has 1 rings (SSSR count). The number of benzene rings is 1. The molecule has 1 aromatic rings. The summed E-state index contributed by atoms with van der Waals surface area (Å²) in [5.74, 6) is -0.624. The minimum Gasteiger partial charge on any atom is -0.858 e. The van der Waals surface area contributed by atoms with Gasteiger partial charge in [0.1, 0.15) is 24.7 Å². The van der Waals surface area contributed by atoms with Crippen LogP contribution >= 0.6 is 0 Å². The summed E-state index contributed by atoms with van der Waals surface area (Å²) in [5, 5.41) is 29.9. The standard InChI is InChI=1S/C13H17NO7S/c1-2-22(18,19)14-13(17)10-7-11(20-5-3-15)9-12(8-10)21-6-4-16/h2,7-9,15-16H,1,3-6H2,(H,14,17)/p-1. The van der Waals surface area contributed by atoms with Gasteiger partial charge in [-0.05, 0) is 17.7 Å². The van der Waals surface area contributed by atoms with E-state index in [1.54, 1.807) is 0 Å². The van der Waals surface area contributed by atoms with Gasteiger partial charge in [0.05, 0.1) is 13.2 Å². The highest BCUT2D eigenvalue weighted by Crippen LogP contribution is 2.23. The Morgan fingerprint density at radius 3 is 2.09 bits per heavy atom. The molecule has 0 unspecified atom stereocenters. The summed E-state index contributed by atoms with van der Waals surface area (Å²) in [4.78, 5) is 0. The highest BCUT2D eigenvalue weighted by atomic mass is 32.2. The molecule has 1 aromatic carbocycles. The molecule has 9 heteroatoms. The summed E-state index contributed by atoms with van der Waals surface area (Å²) < 4.78 is 35.9. The molecule has 122 valence electrons. The minimum atomic E-state index is -4.05. The van der Waals surface area contributed by atoms with Crippen LogP contribution in [-0.2, 0) is 10.0 Å². The van der Waals surface area contributed by atoms with Crippen molar-refractivity contribution in [3.8, 4) is 11.5 Å². The van der Waals surface area contributed by atoms with Gasteiger partial charge in [0.15, 0.2) is 0 Å². The highest BCUT2D eigenvalue weighted by Gasteiger charge is 2.06. The van der Waals surface area contributed by atoms with Crippen molar-refractivity contribution in [1.29, 1.82) is 0 Å². The van der Waals surface area contributed by atoms with Crippen LogP contribution in [0, 0.1) is 0 Å². The van der Waals surface area contributed by atoms with Crippen molar-refractivity contribution in [2.75, 3.05) is 26.4 Å². The Hall–Kier alpha value is -2.10. The second kappa shape index (κ2) is 8.37. The van der Waals surface area contributed by atoms with E-state index in [-0.39, 0.29) is 43.5 Å². The van der Waals surface area contributed by atoms with E-state index in [1.165, 1.54) is 18.2 Å². The Balaban J connectivity index is 3.18. The fourth-order valence-electron chi connectivity index (χ4n) is 1.39. The second-order valence-corrected chi connectivity index (χ2v) is 5.46. The van der Waals surface area contributed by atoms with E-state index < -0.39 is 15.9 Å². The van der Waals surface area contributed by atoms with Crippen LogP contribution in [0.3, 0.4) is 0 Å². The molecule has 0 aromatic heterocycles. The number of aliphatic hydroxyl groups excluding tert-OH is 2.